The van der Waals surface area contributed by atoms with Crippen molar-refractivity contribution < 1.29 is 28.5 Å². The van der Waals surface area contributed by atoms with E-state index in [0.717, 1.165) is 4.88 Å². The van der Waals surface area contributed by atoms with Crippen molar-refractivity contribution in [3.05, 3.63) is 40.1 Å². The zero-order valence-corrected chi connectivity index (χ0v) is 16.6. The normalized spacial score (nSPS) is 11.4. The van der Waals surface area contributed by atoms with Crippen molar-refractivity contribution in [1.82, 2.24) is 5.32 Å². The lowest BCUT2D eigenvalue weighted by molar-refractivity contribution is -0.148. The number of hydrogen-bond acceptors (Lipinski definition) is 7. The second kappa shape index (κ2) is 9.82. The minimum Gasteiger partial charge on any atom is -0.493 e. The van der Waals surface area contributed by atoms with Crippen molar-refractivity contribution in [2.45, 2.75) is 19.4 Å². The van der Waals surface area contributed by atoms with E-state index >= 15 is 0 Å². The average molecular weight is 393 g/mol. The molecule has 0 radical (unpaired) electrons. The van der Waals surface area contributed by atoms with Gasteiger partial charge in [-0.3, -0.25) is 9.59 Å². The minimum atomic E-state index is -0.525. The highest BCUT2D eigenvalue weighted by Crippen LogP contribution is 2.38. The molecule has 0 aliphatic heterocycles. The van der Waals surface area contributed by atoms with E-state index in [4.69, 9.17) is 18.9 Å². The van der Waals surface area contributed by atoms with Gasteiger partial charge in [0.1, 0.15) is 0 Å². The highest BCUT2D eigenvalue weighted by Gasteiger charge is 2.17. The number of amides is 1. The predicted molar refractivity (Wildman–Crippen MR) is 102 cm³/mol. The van der Waals surface area contributed by atoms with Crippen LogP contribution in [0.15, 0.2) is 29.6 Å². The largest absolute Gasteiger partial charge is 0.493 e. The molecule has 8 heteroatoms. The fourth-order valence-electron chi connectivity index (χ4n) is 2.49. The highest BCUT2D eigenvalue weighted by atomic mass is 32.1. The number of methoxy groups -OCH3 is 3. The van der Waals surface area contributed by atoms with E-state index in [0.29, 0.717) is 22.8 Å². The summed E-state index contributed by atoms with van der Waals surface area (Å²) in [7, 11) is 4.50. The lowest BCUT2D eigenvalue weighted by atomic mass is 10.1. The summed E-state index contributed by atoms with van der Waals surface area (Å²) in [6.45, 7) is 1.54. The molecule has 0 fully saturated rings. The number of carbonyl (C=O) groups excluding carboxylic acids is 2. The Kier molecular flexibility index (Phi) is 7.48. The summed E-state index contributed by atoms with van der Waals surface area (Å²) in [5.74, 6) is 0.459. The Balaban J connectivity index is 1.90. The van der Waals surface area contributed by atoms with Crippen LogP contribution >= 0.6 is 11.3 Å². The zero-order chi connectivity index (χ0) is 19.8. The molecule has 0 bridgehead atoms. The van der Waals surface area contributed by atoms with E-state index < -0.39 is 5.97 Å². The SMILES string of the molecule is COc1cc(CC(=O)OCC(=O)N[C@H](C)c2cccs2)cc(OC)c1OC. The van der Waals surface area contributed by atoms with Gasteiger partial charge < -0.3 is 24.3 Å². The Morgan fingerprint density at radius 3 is 2.30 bits per heavy atom. The Hall–Kier alpha value is -2.74. The van der Waals surface area contributed by atoms with Crippen LogP contribution in [0.25, 0.3) is 0 Å². The first-order chi connectivity index (χ1) is 13.0. The third kappa shape index (κ3) is 5.62. The molecular weight excluding hydrogens is 370 g/mol. The van der Waals surface area contributed by atoms with Gasteiger partial charge in [-0.25, -0.2) is 0 Å². The van der Waals surface area contributed by atoms with Crippen LogP contribution in [-0.4, -0.2) is 39.8 Å². The van der Waals surface area contributed by atoms with Crippen LogP contribution < -0.4 is 19.5 Å². The summed E-state index contributed by atoms with van der Waals surface area (Å²) < 4.78 is 20.8. The fourth-order valence-corrected chi connectivity index (χ4v) is 3.23. The first-order valence-corrected chi connectivity index (χ1v) is 9.13. The first kappa shape index (κ1) is 20.6. The quantitative estimate of drug-likeness (QED) is 0.660. The number of nitrogens with one attached hydrogen (secondary N) is 1. The van der Waals surface area contributed by atoms with Gasteiger partial charge in [0.2, 0.25) is 5.75 Å². The van der Waals surface area contributed by atoms with E-state index in [1.807, 2.05) is 24.4 Å². The number of carbonyl (C=O) groups is 2. The number of thiophene rings is 1. The predicted octanol–water partition coefficient (Wildman–Crippen LogP) is 2.74. The summed E-state index contributed by atoms with van der Waals surface area (Å²) >= 11 is 1.55. The fraction of sp³-hybridized carbons (Fsp3) is 0.368. The molecule has 0 aliphatic carbocycles. The Morgan fingerprint density at radius 2 is 1.78 bits per heavy atom. The number of rotatable bonds is 9. The molecule has 27 heavy (non-hydrogen) atoms. The average Bonchev–Trinajstić information content (AvgIpc) is 3.20. The molecular formula is C19H23NO6S. The Morgan fingerprint density at radius 1 is 1.11 bits per heavy atom. The standard InChI is InChI=1S/C19H23NO6S/c1-12(16-6-5-7-27-16)20-17(21)11-26-18(22)10-13-8-14(23-2)19(25-4)15(9-13)24-3/h5-9,12H,10-11H2,1-4H3,(H,20,21)/t12-/m1/s1. The van der Waals surface area contributed by atoms with Crippen LogP contribution in [0.5, 0.6) is 17.2 Å². The summed E-state index contributed by atoms with van der Waals surface area (Å²) in [5, 5.41) is 4.73. The monoisotopic (exact) mass is 393 g/mol. The molecule has 0 saturated heterocycles. The molecule has 1 heterocycles. The van der Waals surface area contributed by atoms with Crippen molar-refractivity contribution >= 4 is 23.2 Å². The van der Waals surface area contributed by atoms with E-state index in [1.54, 1.807) is 23.5 Å². The molecule has 2 aromatic rings. The van der Waals surface area contributed by atoms with Gasteiger partial charge in [-0.05, 0) is 36.1 Å². The van der Waals surface area contributed by atoms with Crippen LogP contribution in [0.3, 0.4) is 0 Å². The molecule has 146 valence electrons. The van der Waals surface area contributed by atoms with Crippen LogP contribution in [0.4, 0.5) is 0 Å². The molecule has 0 aliphatic rings. The molecule has 1 aromatic heterocycles. The van der Waals surface area contributed by atoms with E-state index in [2.05, 4.69) is 5.32 Å². The highest BCUT2D eigenvalue weighted by molar-refractivity contribution is 7.10. The number of esters is 1. The van der Waals surface area contributed by atoms with E-state index in [1.165, 1.54) is 21.3 Å². The molecule has 1 N–H and O–H groups in total. The van der Waals surface area contributed by atoms with Gasteiger partial charge in [0.05, 0.1) is 33.8 Å². The van der Waals surface area contributed by atoms with Gasteiger partial charge in [-0.1, -0.05) is 6.07 Å². The second-order valence-electron chi connectivity index (χ2n) is 5.68. The number of hydrogen-bond donors (Lipinski definition) is 1. The maximum atomic E-state index is 12.1. The van der Waals surface area contributed by atoms with Crippen molar-refractivity contribution in [3.63, 3.8) is 0 Å². The van der Waals surface area contributed by atoms with Gasteiger partial charge in [0.25, 0.3) is 5.91 Å². The topological polar surface area (TPSA) is 83.1 Å². The Labute approximate surface area is 162 Å². The second-order valence-corrected chi connectivity index (χ2v) is 6.65. The summed E-state index contributed by atoms with van der Waals surface area (Å²) in [5.41, 5.74) is 0.627. The summed E-state index contributed by atoms with van der Waals surface area (Å²) in [6.07, 6.45) is -0.0233. The maximum absolute atomic E-state index is 12.1. The first-order valence-electron chi connectivity index (χ1n) is 8.25. The van der Waals surface area contributed by atoms with Crippen LogP contribution in [0, 0.1) is 0 Å². The van der Waals surface area contributed by atoms with Crippen LogP contribution in [0.2, 0.25) is 0 Å². The molecule has 0 unspecified atom stereocenters. The van der Waals surface area contributed by atoms with E-state index in [-0.39, 0.29) is 25.0 Å². The van der Waals surface area contributed by atoms with Crippen LogP contribution in [0.1, 0.15) is 23.4 Å². The van der Waals surface area contributed by atoms with E-state index in [9.17, 15) is 9.59 Å². The summed E-state index contributed by atoms with van der Waals surface area (Å²) in [6, 6.07) is 7.06. The van der Waals surface area contributed by atoms with Gasteiger partial charge >= 0.3 is 5.97 Å². The van der Waals surface area contributed by atoms with Gasteiger partial charge in [-0.2, -0.15) is 0 Å². The molecule has 7 nitrogen and oxygen atoms in total. The van der Waals surface area contributed by atoms with Crippen molar-refractivity contribution in [2.24, 2.45) is 0 Å². The molecule has 1 amide bonds. The van der Waals surface area contributed by atoms with Crippen LogP contribution in [-0.2, 0) is 20.7 Å². The third-order valence-electron chi connectivity index (χ3n) is 3.78. The minimum absolute atomic E-state index is 0.0233. The van der Waals surface area contributed by atoms with Gasteiger partial charge in [-0.15, -0.1) is 11.3 Å². The lowest BCUT2D eigenvalue weighted by Gasteiger charge is -2.14. The number of ether oxygens (including phenoxy) is 4. The zero-order valence-electron chi connectivity index (χ0n) is 15.7. The van der Waals surface area contributed by atoms with Crippen molar-refractivity contribution in [2.75, 3.05) is 27.9 Å². The maximum Gasteiger partial charge on any atom is 0.310 e. The molecule has 1 atom stereocenters. The smallest absolute Gasteiger partial charge is 0.310 e. The van der Waals surface area contributed by atoms with Crippen molar-refractivity contribution in [3.8, 4) is 17.2 Å². The van der Waals surface area contributed by atoms with Gasteiger partial charge in [0, 0.05) is 4.88 Å². The summed E-state index contributed by atoms with van der Waals surface area (Å²) in [4.78, 5) is 25.1. The van der Waals surface area contributed by atoms with Gasteiger partial charge in [0.15, 0.2) is 18.1 Å². The molecule has 1 aromatic carbocycles. The Bertz CT molecular complexity index is 750. The lowest BCUT2D eigenvalue weighted by Crippen LogP contribution is -2.31. The third-order valence-corrected chi connectivity index (χ3v) is 4.84. The molecule has 2 rings (SSSR count). The molecule has 0 saturated carbocycles. The number of benzene rings is 1. The van der Waals surface area contributed by atoms with Crippen molar-refractivity contribution in [1.29, 1.82) is 0 Å². The molecule has 0 spiro atoms.